The van der Waals surface area contributed by atoms with E-state index in [1.807, 2.05) is 0 Å². The predicted molar refractivity (Wildman–Crippen MR) is 53.4 cm³/mol. The Morgan fingerprint density at radius 1 is 1.58 bits per heavy atom. The van der Waals surface area contributed by atoms with Crippen molar-refractivity contribution in [2.75, 3.05) is 20.1 Å². The molecule has 0 aromatic heterocycles. The molecule has 2 nitrogen and oxygen atoms in total. The second-order valence-corrected chi connectivity index (χ2v) is 4.10. The maximum absolute atomic E-state index is 3.67. The average molecular weight is 170 g/mol. The number of nitrogens with zero attached hydrogens (tertiary/aromatic N) is 1. The largest absolute Gasteiger partial charge is 0.310 e. The number of hydrogen-bond acceptors (Lipinski definition) is 2. The number of nitrogens with one attached hydrogen (secondary N) is 1. The van der Waals surface area contributed by atoms with Crippen molar-refractivity contribution in [2.45, 2.75) is 45.2 Å². The van der Waals surface area contributed by atoms with E-state index in [0.29, 0.717) is 6.04 Å². The van der Waals surface area contributed by atoms with Gasteiger partial charge in [0.15, 0.2) is 0 Å². The Morgan fingerprint density at radius 3 is 2.83 bits per heavy atom. The molecular formula is C10H22N2. The maximum Gasteiger partial charge on any atom is 0.0209 e. The van der Waals surface area contributed by atoms with Gasteiger partial charge in [-0.3, -0.25) is 0 Å². The molecule has 1 saturated heterocycles. The molecule has 1 rings (SSSR count). The summed E-state index contributed by atoms with van der Waals surface area (Å²) in [5.41, 5.74) is 0. The van der Waals surface area contributed by atoms with E-state index in [1.54, 1.807) is 0 Å². The van der Waals surface area contributed by atoms with Crippen LogP contribution in [-0.4, -0.2) is 37.1 Å². The Morgan fingerprint density at radius 2 is 2.33 bits per heavy atom. The summed E-state index contributed by atoms with van der Waals surface area (Å²) in [6.07, 6.45) is 3.92. The van der Waals surface area contributed by atoms with Crippen molar-refractivity contribution in [3.8, 4) is 0 Å². The van der Waals surface area contributed by atoms with Crippen LogP contribution in [0.15, 0.2) is 0 Å². The average Bonchev–Trinajstić information content (AvgIpc) is 2.36. The third kappa shape index (κ3) is 3.11. The lowest BCUT2D eigenvalue weighted by Gasteiger charge is -2.18. The number of hydrogen-bond donors (Lipinski definition) is 1. The second-order valence-electron chi connectivity index (χ2n) is 4.10. The summed E-state index contributed by atoms with van der Waals surface area (Å²) in [6.45, 7) is 7.03. The van der Waals surface area contributed by atoms with Crippen LogP contribution in [0.2, 0.25) is 0 Å². The van der Waals surface area contributed by atoms with E-state index in [-0.39, 0.29) is 0 Å². The smallest absolute Gasteiger partial charge is 0.0209 e. The zero-order valence-corrected chi connectivity index (χ0v) is 8.64. The highest BCUT2D eigenvalue weighted by Crippen LogP contribution is 2.08. The summed E-state index contributed by atoms with van der Waals surface area (Å²) in [7, 11) is 2.20. The van der Waals surface area contributed by atoms with E-state index in [9.17, 15) is 0 Å². The highest BCUT2D eigenvalue weighted by molar-refractivity contribution is 4.80. The van der Waals surface area contributed by atoms with Crippen molar-refractivity contribution in [3.05, 3.63) is 0 Å². The Kier molecular flexibility index (Phi) is 4.02. The third-order valence-corrected chi connectivity index (χ3v) is 2.63. The van der Waals surface area contributed by atoms with Crippen molar-refractivity contribution >= 4 is 0 Å². The van der Waals surface area contributed by atoms with Crippen LogP contribution >= 0.6 is 0 Å². The number of rotatable bonds is 4. The lowest BCUT2D eigenvalue weighted by molar-refractivity contribution is 0.379. The topological polar surface area (TPSA) is 15.3 Å². The number of likely N-dealkylation sites (N-methyl/N-ethyl adjacent to an activating group) is 1. The quantitative estimate of drug-likeness (QED) is 0.687. The van der Waals surface area contributed by atoms with Crippen molar-refractivity contribution in [1.82, 2.24) is 10.2 Å². The Balaban J connectivity index is 2.14. The second kappa shape index (κ2) is 4.83. The number of likely N-dealkylation sites (tertiary alicyclic amines) is 1. The van der Waals surface area contributed by atoms with Crippen LogP contribution in [0, 0.1) is 0 Å². The van der Waals surface area contributed by atoms with Gasteiger partial charge in [0.25, 0.3) is 0 Å². The molecule has 2 heteroatoms. The van der Waals surface area contributed by atoms with E-state index in [0.717, 1.165) is 6.04 Å². The fraction of sp³-hybridized carbons (Fsp3) is 1.00. The monoisotopic (exact) mass is 170 g/mol. The SMILES string of the molecule is CCC[C@@H](C)N[C@H]1CCN(C)C1. The molecule has 1 aliphatic heterocycles. The molecule has 72 valence electrons. The molecule has 1 aliphatic rings. The molecule has 2 atom stereocenters. The van der Waals surface area contributed by atoms with Gasteiger partial charge in [0.2, 0.25) is 0 Å². The van der Waals surface area contributed by atoms with Crippen molar-refractivity contribution in [1.29, 1.82) is 0 Å². The Bertz CT molecular complexity index is 125. The minimum absolute atomic E-state index is 0.700. The summed E-state index contributed by atoms with van der Waals surface area (Å²) < 4.78 is 0. The van der Waals surface area contributed by atoms with E-state index in [4.69, 9.17) is 0 Å². The Labute approximate surface area is 76.3 Å². The Hall–Kier alpha value is -0.0800. The molecule has 0 bridgehead atoms. The van der Waals surface area contributed by atoms with Crippen LogP contribution in [0.1, 0.15) is 33.1 Å². The van der Waals surface area contributed by atoms with Crippen LogP contribution in [0.3, 0.4) is 0 Å². The van der Waals surface area contributed by atoms with Crippen LogP contribution in [0.5, 0.6) is 0 Å². The first-order chi connectivity index (χ1) is 5.72. The molecule has 0 amide bonds. The van der Waals surface area contributed by atoms with Crippen LogP contribution < -0.4 is 5.32 Å². The van der Waals surface area contributed by atoms with Gasteiger partial charge in [-0.1, -0.05) is 13.3 Å². The van der Waals surface area contributed by atoms with Gasteiger partial charge in [0, 0.05) is 18.6 Å². The molecule has 12 heavy (non-hydrogen) atoms. The third-order valence-electron chi connectivity index (χ3n) is 2.63. The van der Waals surface area contributed by atoms with Gasteiger partial charge in [-0.25, -0.2) is 0 Å². The standard InChI is InChI=1S/C10H22N2/c1-4-5-9(2)11-10-6-7-12(3)8-10/h9-11H,4-8H2,1-3H3/t9-,10+/m1/s1. The van der Waals surface area contributed by atoms with E-state index < -0.39 is 0 Å². The van der Waals surface area contributed by atoms with Crippen LogP contribution in [0.4, 0.5) is 0 Å². The first-order valence-corrected chi connectivity index (χ1v) is 5.17. The fourth-order valence-corrected chi connectivity index (χ4v) is 1.99. The van der Waals surface area contributed by atoms with E-state index in [1.165, 1.54) is 32.4 Å². The van der Waals surface area contributed by atoms with Gasteiger partial charge >= 0.3 is 0 Å². The van der Waals surface area contributed by atoms with Gasteiger partial charge in [0.05, 0.1) is 0 Å². The minimum atomic E-state index is 0.700. The normalized spacial score (nSPS) is 27.8. The van der Waals surface area contributed by atoms with Crippen molar-refractivity contribution in [2.24, 2.45) is 0 Å². The minimum Gasteiger partial charge on any atom is -0.310 e. The fourth-order valence-electron chi connectivity index (χ4n) is 1.99. The van der Waals surface area contributed by atoms with Gasteiger partial charge in [-0.15, -0.1) is 0 Å². The van der Waals surface area contributed by atoms with Crippen LogP contribution in [0.25, 0.3) is 0 Å². The summed E-state index contributed by atoms with van der Waals surface area (Å²) in [6, 6.07) is 1.45. The van der Waals surface area contributed by atoms with Gasteiger partial charge in [-0.2, -0.15) is 0 Å². The molecule has 1 fully saturated rings. The molecule has 0 aliphatic carbocycles. The van der Waals surface area contributed by atoms with Crippen LogP contribution in [-0.2, 0) is 0 Å². The molecular weight excluding hydrogens is 148 g/mol. The zero-order valence-electron chi connectivity index (χ0n) is 8.64. The molecule has 0 aromatic rings. The molecule has 0 spiro atoms. The lowest BCUT2D eigenvalue weighted by Crippen LogP contribution is -2.37. The zero-order chi connectivity index (χ0) is 8.97. The van der Waals surface area contributed by atoms with Crippen molar-refractivity contribution < 1.29 is 0 Å². The van der Waals surface area contributed by atoms with E-state index in [2.05, 4.69) is 31.1 Å². The molecule has 0 radical (unpaired) electrons. The van der Waals surface area contributed by atoms with Gasteiger partial charge in [-0.05, 0) is 33.4 Å². The highest BCUT2D eigenvalue weighted by Gasteiger charge is 2.19. The predicted octanol–water partition coefficient (Wildman–Crippen LogP) is 1.47. The highest BCUT2D eigenvalue weighted by atomic mass is 15.2. The van der Waals surface area contributed by atoms with Gasteiger partial charge in [0.1, 0.15) is 0 Å². The first-order valence-electron chi connectivity index (χ1n) is 5.17. The first kappa shape index (κ1) is 10.0. The molecule has 1 heterocycles. The molecule has 1 N–H and O–H groups in total. The van der Waals surface area contributed by atoms with E-state index >= 15 is 0 Å². The summed E-state index contributed by atoms with van der Waals surface area (Å²) in [5.74, 6) is 0. The van der Waals surface area contributed by atoms with Gasteiger partial charge < -0.3 is 10.2 Å². The molecule has 0 saturated carbocycles. The maximum atomic E-state index is 3.67. The lowest BCUT2D eigenvalue weighted by atomic mass is 10.1. The summed E-state index contributed by atoms with van der Waals surface area (Å²) in [4.78, 5) is 2.40. The van der Waals surface area contributed by atoms with Crippen molar-refractivity contribution in [3.63, 3.8) is 0 Å². The molecule has 0 aromatic carbocycles. The summed E-state index contributed by atoms with van der Waals surface area (Å²) in [5, 5.41) is 3.67. The summed E-state index contributed by atoms with van der Waals surface area (Å²) >= 11 is 0. The molecule has 0 unspecified atom stereocenters.